The first-order chi connectivity index (χ1) is 26.8. The second-order valence-electron chi connectivity index (χ2n) is 13.2. The van der Waals surface area contributed by atoms with Crippen LogP contribution in [0.5, 0.6) is 23.0 Å². The Morgan fingerprint density at radius 1 is 0.750 bits per heavy atom. The lowest BCUT2D eigenvalue weighted by Crippen LogP contribution is -2.66. The van der Waals surface area contributed by atoms with E-state index in [1.165, 1.54) is 50.6 Å². The predicted octanol–water partition coefficient (Wildman–Crippen LogP) is -2.97. The van der Waals surface area contributed by atoms with E-state index >= 15 is 0 Å². The fourth-order valence-electron chi connectivity index (χ4n) is 6.21. The minimum Gasteiger partial charge on any atom is -0.504 e. The van der Waals surface area contributed by atoms with Crippen molar-refractivity contribution < 1.29 is 98.5 Å². The van der Waals surface area contributed by atoms with Gasteiger partial charge in [-0.2, -0.15) is 0 Å². The number of hydrogen-bond acceptors (Lipinski definition) is 20. The van der Waals surface area contributed by atoms with Gasteiger partial charge in [0, 0.05) is 6.08 Å². The molecule has 0 bridgehead atoms. The third kappa shape index (κ3) is 10.2. The van der Waals surface area contributed by atoms with Gasteiger partial charge in [-0.25, -0.2) is 4.79 Å². The average molecular weight is 801 g/mol. The van der Waals surface area contributed by atoms with E-state index in [2.05, 4.69) is 0 Å². The second kappa shape index (κ2) is 19.6. The van der Waals surface area contributed by atoms with Gasteiger partial charge in [-0.15, -0.1) is 0 Å². The van der Waals surface area contributed by atoms with Crippen molar-refractivity contribution in [3.05, 3.63) is 53.6 Å². The molecule has 20 nitrogen and oxygen atoms in total. The summed E-state index contributed by atoms with van der Waals surface area (Å²) in [6.07, 6.45) is -21.2. The zero-order valence-electron chi connectivity index (χ0n) is 30.3. The van der Waals surface area contributed by atoms with Crippen LogP contribution in [-0.2, 0) is 44.4 Å². The largest absolute Gasteiger partial charge is 0.504 e. The molecule has 20 heteroatoms. The number of ether oxygens (including phenoxy) is 9. The van der Waals surface area contributed by atoms with Crippen molar-refractivity contribution in [2.45, 2.75) is 92.4 Å². The maximum absolute atomic E-state index is 12.8. The first-order valence-corrected chi connectivity index (χ1v) is 17.6. The van der Waals surface area contributed by atoms with E-state index in [0.717, 1.165) is 6.08 Å². The fourth-order valence-corrected chi connectivity index (χ4v) is 6.21. The van der Waals surface area contributed by atoms with Crippen LogP contribution in [-0.4, -0.2) is 184 Å². The van der Waals surface area contributed by atoms with Gasteiger partial charge in [0.05, 0.1) is 34.0 Å². The Hall–Kier alpha value is -3.71. The van der Waals surface area contributed by atoms with Crippen LogP contribution in [0.4, 0.5) is 0 Å². The summed E-state index contributed by atoms with van der Waals surface area (Å²) in [4.78, 5) is 12.8. The summed E-state index contributed by atoms with van der Waals surface area (Å²) in [6, 6.07) is 8.98. The van der Waals surface area contributed by atoms with Gasteiger partial charge in [-0.1, -0.05) is 12.1 Å². The topological polar surface area (TPSA) is 302 Å². The number of esters is 1. The first-order valence-electron chi connectivity index (χ1n) is 17.6. The van der Waals surface area contributed by atoms with E-state index < -0.39 is 112 Å². The quantitative estimate of drug-likeness (QED) is 0.0635. The highest BCUT2D eigenvalue weighted by Crippen LogP contribution is 2.34. The van der Waals surface area contributed by atoms with Crippen molar-refractivity contribution in [3.8, 4) is 23.0 Å². The summed E-state index contributed by atoms with van der Waals surface area (Å²) >= 11 is 0. The van der Waals surface area contributed by atoms with E-state index in [4.69, 9.17) is 42.6 Å². The number of phenols is 2. The molecule has 14 unspecified atom stereocenters. The third-order valence-corrected chi connectivity index (χ3v) is 9.43. The molecular formula is C36H48O20. The van der Waals surface area contributed by atoms with Crippen molar-refractivity contribution in [1.29, 1.82) is 0 Å². The molecule has 0 aliphatic carbocycles. The fraction of sp³-hybridized carbons (Fsp3) is 0.583. The summed E-state index contributed by atoms with van der Waals surface area (Å²) in [5.41, 5.74) is 1.07. The van der Waals surface area contributed by atoms with Crippen LogP contribution >= 0.6 is 0 Å². The number of aromatic hydroxyl groups is 2. The molecule has 0 amide bonds. The van der Waals surface area contributed by atoms with E-state index in [1.54, 1.807) is 6.07 Å². The monoisotopic (exact) mass is 800 g/mol. The molecule has 2 aromatic rings. The molecule has 3 heterocycles. The number of hydrogen-bond donors (Lipinski definition) is 10. The molecule has 2 aromatic carbocycles. The van der Waals surface area contributed by atoms with Gasteiger partial charge in [-0.3, -0.25) is 0 Å². The van der Waals surface area contributed by atoms with Crippen LogP contribution in [0.1, 0.15) is 11.1 Å². The molecule has 5 rings (SSSR count). The maximum atomic E-state index is 12.8. The molecule has 3 aliphatic heterocycles. The zero-order chi connectivity index (χ0) is 40.7. The lowest BCUT2D eigenvalue weighted by Gasteiger charge is -2.48. The molecule has 0 spiro atoms. The SMILES string of the molecule is COc1ccc(CCOC2OC(COC(=O)C=Cc3ccc(O)c(OC)c3)C(O)C(OC3OC(CO)C(O)C(O)C3O)C2OC2OCC(O)C(O)C2O)cc1O. The Morgan fingerprint density at radius 3 is 2.14 bits per heavy atom. The van der Waals surface area contributed by atoms with Crippen molar-refractivity contribution >= 4 is 12.0 Å². The van der Waals surface area contributed by atoms with E-state index in [1.807, 2.05) is 0 Å². The number of benzene rings is 2. The van der Waals surface area contributed by atoms with Crippen LogP contribution in [0.15, 0.2) is 42.5 Å². The van der Waals surface area contributed by atoms with Crippen molar-refractivity contribution in [2.75, 3.05) is 40.6 Å². The number of phenolic OH excluding ortho intramolecular Hbond substituents is 2. The molecule has 0 radical (unpaired) electrons. The number of aliphatic hydroxyl groups is 8. The lowest BCUT2D eigenvalue weighted by atomic mass is 9.96. The molecule has 312 valence electrons. The number of carbonyl (C=O) groups is 1. The first kappa shape index (κ1) is 43.4. The summed E-state index contributed by atoms with van der Waals surface area (Å²) < 4.78 is 50.5. The zero-order valence-corrected chi connectivity index (χ0v) is 30.3. The minimum absolute atomic E-state index is 0.115. The van der Waals surface area contributed by atoms with E-state index in [0.29, 0.717) is 11.1 Å². The molecule has 3 saturated heterocycles. The Kier molecular flexibility index (Phi) is 15.2. The highest BCUT2D eigenvalue weighted by atomic mass is 16.8. The summed E-state index contributed by atoms with van der Waals surface area (Å²) in [6.45, 7) is -2.07. The summed E-state index contributed by atoms with van der Waals surface area (Å²) in [5.74, 6) is -0.750. The van der Waals surface area contributed by atoms with E-state index in [9.17, 15) is 55.9 Å². The van der Waals surface area contributed by atoms with Gasteiger partial charge in [0.15, 0.2) is 41.9 Å². The third-order valence-electron chi connectivity index (χ3n) is 9.43. The average Bonchev–Trinajstić information content (AvgIpc) is 3.19. The van der Waals surface area contributed by atoms with Gasteiger partial charge < -0.3 is 93.7 Å². The molecule has 0 saturated carbocycles. The Morgan fingerprint density at radius 2 is 1.45 bits per heavy atom. The molecule has 0 aromatic heterocycles. The number of aliphatic hydroxyl groups excluding tert-OH is 8. The Balaban J connectivity index is 1.41. The molecule has 10 N–H and O–H groups in total. The summed E-state index contributed by atoms with van der Waals surface area (Å²) in [5, 5.41) is 104. The van der Waals surface area contributed by atoms with Gasteiger partial charge in [-0.05, 0) is 47.9 Å². The maximum Gasteiger partial charge on any atom is 0.330 e. The molecular weight excluding hydrogens is 752 g/mol. The van der Waals surface area contributed by atoms with Crippen molar-refractivity contribution in [1.82, 2.24) is 0 Å². The minimum atomic E-state index is -1.95. The van der Waals surface area contributed by atoms with Crippen LogP contribution in [0.25, 0.3) is 6.08 Å². The smallest absolute Gasteiger partial charge is 0.330 e. The number of rotatable bonds is 15. The molecule has 3 fully saturated rings. The van der Waals surface area contributed by atoms with Crippen LogP contribution in [0.3, 0.4) is 0 Å². The normalized spacial score (nSPS) is 35.0. The molecule has 56 heavy (non-hydrogen) atoms. The number of methoxy groups -OCH3 is 2. The Labute approximate surface area is 320 Å². The lowest BCUT2D eigenvalue weighted by molar-refractivity contribution is -0.386. The van der Waals surface area contributed by atoms with E-state index in [-0.39, 0.29) is 36.0 Å². The standard InChI is InChI=1S/C36H48O20/c1-48-21-7-4-17(11-19(21)39)9-10-50-36-33(56-34-30(46)26(42)20(40)14-52-34)32(55-35-31(47)29(45)27(43)23(13-37)53-35)28(44)24(54-36)15-51-25(41)8-5-16-3-6-18(38)22(12-16)49-2/h3-8,11-12,20,23-24,26-40,42-47H,9-10,13-15H2,1-2H3. The number of carbonyl (C=O) groups excluding carboxylic acids is 1. The highest BCUT2D eigenvalue weighted by Gasteiger charge is 2.54. The molecule has 14 atom stereocenters. The van der Waals surface area contributed by atoms with Crippen LogP contribution in [0.2, 0.25) is 0 Å². The Bertz CT molecular complexity index is 1610. The van der Waals surface area contributed by atoms with Crippen molar-refractivity contribution in [3.63, 3.8) is 0 Å². The van der Waals surface area contributed by atoms with Crippen molar-refractivity contribution in [2.24, 2.45) is 0 Å². The second-order valence-corrected chi connectivity index (χ2v) is 13.2. The predicted molar refractivity (Wildman–Crippen MR) is 185 cm³/mol. The summed E-state index contributed by atoms with van der Waals surface area (Å²) in [7, 11) is 2.74. The van der Waals surface area contributed by atoms with Gasteiger partial charge in [0.25, 0.3) is 0 Å². The van der Waals surface area contributed by atoms with Gasteiger partial charge >= 0.3 is 5.97 Å². The van der Waals surface area contributed by atoms with Crippen LogP contribution < -0.4 is 9.47 Å². The van der Waals surface area contributed by atoms with Gasteiger partial charge in [0.1, 0.15) is 73.8 Å². The highest BCUT2D eigenvalue weighted by molar-refractivity contribution is 5.87. The van der Waals surface area contributed by atoms with Gasteiger partial charge in [0.2, 0.25) is 0 Å². The molecule has 3 aliphatic rings. The van der Waals surface area contributed by atoms with Crippen LogP contribution in [0, 0.1) is 0 Å².